The summed E-state index contributed by atoms with van der Waals surface area (Å²) in [6, 6.07) is 17.3. The molecule has 1 heterocycles. The van der Waals surface area contributed by atoms with Crippen LogP contribution in [0.3, 0.4) is 0 Å². The molecule has 0 aliphatic rings. The van der Waals surface area contributed by atoms with Gasteiger partial charge in [-0.15, -0.1) is 23.1 Å². The van der Waals surface area contributed by atoms with Crippen LogP contribution in [0.25, 0.3) is 11.3 Å². The van der Waals surface area contributed by atoms with Gasteiger partial charge in [0.15, 0.2) is 5.13 Å². The molecule has 0 aliphatic carbocycles. The highest BCUT2D eigenvalue weighted by molar-refractivity contribution is 8.00. The van der Waals surface area contributed by atoms with Crippen molar-refractivity contribution in [2.75, 3.05) is 10.6 Å². The highest BCUT2D eigenvalue weighted by Crippen LogP contribution is 2.30. The smallest absolute Gasteiger partial charge is 0.336 e. The molecule has 40 heavy (non-hydrogen) atoms. The van der Waals surface area contributed by atoms with E-state index < -0.39 is 28.7 Å². The lowest BCUT2D eigenvalue weighted by Gasteiger charge is -2.15. The van der Waals surface area contributed by atoms with Crippen LogP contribution in [0.15, 0.2) is 77.0 Å². The number of nitrogens with one attached hydrogen (secondary N) is 2. The highest BCUT2D eigenvalue weighted by atomic mass is 35.5. The molecular weight excluding hydrogens is 574 g/mol. The maximum absolute atomic E-state index is 13.0. The number of aromatic carboxylic acids is 2. The fourth-order valence-corrected chi connectivity index (χ4v) is 5.52. The maximum atomic E-state index is 13.0. The number of aromatic nitrogens is 1. The number of thioether (sulfide) groups is 1. The van der Waals surface area contributed by atoms with Crippen LogP contribution in [0.5, 0.6) is 0 Å². The molecule has 4 N–H and O–H groups in total. The summed E-state index contributed by atoms with van der Waals surface area (Å²) in [6.45, 7) is 1.89. The third-order valence-corrected chi connectivity index (χ3v) is 8.02. The van der Waals surface area contributed by atoms with Crippen molar-refractivity contribution in [1.29, 1.82) is 0 Å². The summed E-state index contributed by atoms with van der Waals surface area (Å²) in [5.41, 5.74) is 1.15. The minimum Gasteiger partial charge on any atom is -0.478 e. The predicted octanol–water partition coefficient (Wildman–Crippen LogP) is 6.62. The third kappa shape index (κ3) is 7.06. The molecule has 1 atom stereocenters. The van der Waals surface area contributed by atoms with Crippen LogP contribution >= 0.6 is 34.7 Å². The Balaban J connectivity index is 1.43. The van der Waals surface area contributed by atoms with Gasteiger partial charge in [-0.05, 0) is 55.0 Å². The number of nitrogens with zero attached hydrogens (tertiary/aromatic N) is 1. The number of hydrogen-bond acceptors (Lipinski definition) is 7. The zero-order chi connectivity index (χ0) is 28.8. The van der Waals surface area contributed by atoms with E-state index in [1.54, 1.807) is 36.4 Å². The van der Waals surface area contributed by atoms with Crippen molar-refractivity contribution in [2.24, 2.45) is 0 Å². The van der Waals surface area contributed by atoms with Gasteiger partial charge in [0, 0.05) is 26.5 Å². The number of carboxylic acids is 2. The quantitative estimate of drug-likeness (QED) is 0.150. The summed E-state index contributed by atoms with van der Waals surface area (Å²) in [4.78, 5) is 53.9. The third-order valence-electron chi connectivity index (χ3n) is 5.65. The Hall–Kier alpha value is -4.19. The number of carbonyl (C=O) groups excluding carboxylic acids is 2. The van der Waals surface area contributed by atoms with Crippen LogP contribution in [-0.4, -0.2) is 44.2 Å². The number of carbonyl (C=O) groups is 4. The van der Waals surface area contributed by atoms with Gasteiger partial charge >= 0.3 is 11.9 Å². The van der Waals surface area contributed by atoms with Gasteiger partial charge in [0.2, 0.25) is 5.91 Å². The molecular formula is C28H22ClN3O6S2. The number of hydrogen-bond donors (Lipinski definition) is 4. The number of halogens is 1. The topological polar surface area (TPSA) is 146 Å². The molecule has 1 unspecified atom stereocenters. The van der Waals surface area contributed by atoms with Gasteiger partial charge in [0.05, 0.1) is 27.6 Å². The van der Waals surface area contributed by atoms with Crippen molar-refractivity contribution in [2.45, 2.75) is 23.5 Å². The van der Waals surface area contributed by atoms with Gasteiger partial charge in [-0.2, -0.15) is 0 Å². The molecule has 3 aromatic carbocycles. The molecule has 0 aliphatic heterocycles. The van der Waals surface area contributed by atoms with Crippen LogP contribution in [0.1, 0.15) is 44.4 Å². The molecule has 0 fully saturated rings. The first kappa shape index (κ1) is 28.8. The van der Waals surface area contributed by atoms with E-state index in [1.165, 1.54) is 29.2 Å². The summed E-state index contributed by atoms with van der Waals surface area (Å²) >= 11 is 8.58. The fourth-order valence-electron chi connectivity index (χ4n) is 3.65. The van der Waals surface area contributed by atoms with Gasteiger partial charge < -0.3 is 20.8 Å². The zero-order valence-corrected chi connectivity index (χ0v) is 23.3. The van der Waals surface area contributed by atoms with E-state index in [9.17, 15) is 24.3 Å². The second-order valence-electron chi connectivity index (χ2n) is 8.40. The zero-order valence-electron chi connectivity index (χ0n) is 20.9. The highest BCUT2D eigenvalue weighted by Gasteiger charge is 2.21. The Kier molecular flexibility index (Phi) is 9.20. The van der Waals surface area contributed by atoms with E-state index in [-0.39, 0.29) is 17.0 Å². The van der Waals surface area contributed by atoms with Gasteiger partial charge in [0.1, 0.15) is 0 Å². The van der Waals surface area contributed by atoms with Crippen molar-refractivity contribution in [3.05, 3.63) is 93.8 Å². The maximum Gasteiger partial charge on any atom is 0.336 e. The fraction of sp³-hybridized carbons (Fsp3) is 0.107. The molecule has 0 radical (unpaired) electrons. The number of benzene rings is 3. The first-order valence-electron chi connectivity index (χ1n) is 11.9. The van der Waals surface area contributed by atoms with Crippen molar-refractivity contribution < 1.29 is 29.4 Å². The van der Waals surface area contributed by atoms with Crippen LogP contribution < -0.4 is 10.6 Å². The van der Waals surface area contributed by atoms with E-state index in [1.807, 2.05) is 24.4 Å². The molecule has 12 heteroatoms. The average molecular weight is 596 g/mol. The van der Waals surface area contributed by atoms with Crippen molar-refractivity contribution in [3.8, 4) is 11.3 Å². The van der Waals surface area contributed by atoms with E-state index in [0.717, 1.165) is 23.4 Å². The number of amides is 2. The van der Waals surface area contributed by atoms with Crippen LogP contribution in [0.4, 0.5) is 10.8 Å². The Morgan fingerprint density at radius 2 is 1.70 bits per heavy atom. The molecule has 0 bridgehead atoms. The summed E-state index contributed by atoms with van der Waals surface area (Å²) in [5.74, 6) is -3.65. The van der Waals surface area contributed by atoms with Gasteiger partial charge in [-0.25, -0.2) is 14.6 Å². The lowest BCUT2D eigenvalue weighted by Crippen LogP contribution is -2.24. The van der Waals surface area contributed by atoms with Crippen LogP contribution in [0, 0.1) is 0 Å². The van der Waals surface area contributed by atoms with Crippen LogP contribution in [0.2, 0.25) is 5.02 Å². The van der Waals surface area contributed by atoms with Gasteiger partial charge in [0.25, 0.3) is 5.91 Å². The van der Waals surface area contributed by atoms with Gasteiger partial charge in [-0.3, -0.25) is 9.59 Å². The lowest BCUT2D eigenvalue weighted by molar-refractivity contribution is -0.115. The molecule has 2 amide bonds. The Morgan fingerprint density at radius 1 is 0.950 bits per heavy atom. The predicted molar refractivity (Wildman–Crippen MR) is 156 cm³/mol. The monoisotopic (exact) mass is 595 g/mol. The number of rotatable bonds is 10. The standard InChI is InChI=1S/C28H22ClN3O6S2/c1-2-23(25(34)32-28-31-22(14-39-28)15-6-9-17(29)10-7-15)40-19-5-3-4-18(13-19)30-24(33)20-11-8-16(26(35)36)12-21(20)27(37)38/h3-14,23H,2H2,1H3,(H,30,33)(H,35,36)(H,37,38)(H,31,32,34). The SMILES string of the molecule is CCC(Sc1cccc(NC(=O)c2ccc(C(=O)O)cc2C(=O)O)c1)C(=O)Nc1nc(-c2ccc(Cl)cc2)cs1. The molecule has 0 saturated heterocycles. The Bertz CT molecular complexity index is 1590. The van der Waals surface area contributed by atoms with E-state index in [0.29, 0.717) is 27.2 Å². The molecule has 0 saturated carbocycles. The molecule has 4 rings (SSSR count). The summed E-state index contributed by atoms with van der Waals surface area (Å²) < 4.78 is 0. The summed E-state index contributed by atoms with van der Waals surface area (Å²) in [5, 5.41) is 26.6. The molecule has 0 spiro atoms. The molecule has 4 aromatic rings. The molecule has 204 valence electrons. The first-order valence-corrected chi connectivity index (χ1v) is 14.0. The normalized spacial score (nSPS) is 11.4. The minimum absolute atomic E-state index is 0.178. The minimum atomic E-state index is -1.42. The van der Waals surface area contributed by atoms with E-state index >= 15 is 0 Å². The lowest BCUT2D eigenvalue weighted by atomic mass is 10.0. The number of thiazole rings is 1. The Morgan fingerprint density at radius 3 is 2.38 bits per heavy atom. The number of carboxylic acid groups (broad SMARTS) is 2. The second kappa shape index (κ2) is 12.8. The van der Waals surface area contributed by atoms with Crippen LogP contribution in [-0.2, 0) is 4.79 Å². The van der Waals surface area contributed by atoms with Gasteiger partial charge in [-0.1, -0.05) is 36.7 Å². The Labute approximate surface area is 242 Å². The van der Waals surface area contributed by atoms with Crippen molar-refractivity contribution >= 4 is 69.3 Å². The molecule has 9 nitrogen and oxygen atoms in total. The van der Waals surface area contributed by atoms with E-state index in [2.05, 4.69) is 15.6 Å². The number of anilines is 2. The second-order valence-corrected chi connectivity index (χ2v) is 11.0. The van der Waals surface area contributed by atoms with Crippen molar-refractivity contribution in [3.63, 3.8) is 0 Å². The molecule has 1 aromatic heterocycles. The average Bonchev–Trinajstić information content (AvgIpc) is 3.40. The van der Waals surface area contributed by atoms with Crippen molar-refractivity contribution in [1.82, 2.24) is 4.98 Å². The largest absolute Gasteiger partial charge is 0.478 e. The summed E-state index contributed by atoms with van der Waals surface area (Å²) in [6.07, 6.45) is 0.528. The van der Waals surface area contributed by atoms with E-state index in [4.69, 9.17) is 16.7 Å². The summed E-state index contributed by atoms with van der Waals surface area (Å²) in [7, 11) is 0. The first-order chi connectivity index (χ1) is 19.1.